The first-order valence-corrected chi connectivity index (χ1v) is 5.11. The van der Waals surface area contributed by atoms with Gasteiger partial charge in [-0.3, -0.25) is 0 Å². The molecule has 5 heteroatoms. The van der Waals surface area contributed by atoms with E-state index in [4.69, 9.17) is 16.3 Å². The van der Waals surface area contributed by atoms with Crippen LogP contribution in [0.2, 0.25) is 5.02 Å². The van der Waals surface area contributed by atoms with Gasteiger partial charge < -0.3 is 4.74 Å². The van der Waals surface area contributed by atoms with Crippen LogP contribution < -0.4 is 4.74 Å². The summed E-state index contributed by atoms with van der Waals surface area (Å²) in [4.78, 5) is -1.04. The van der Waals surface area contributed by atoms with Crippen molar-refractivity contribution < 1.29 is 13.5 Å². The molecule has 1 atom stereocenters. The van der Waals surface area contributed by atoms with E-state index in [0.717, 1.165) is 0 Å². The van der Waals surface area contributed by atoms with Gasteiger partial charge in [-0.25, -0.2) is 8.78 Å². The summed E-state index contributed by atoms with van der Waals surface area (Å²) in [5, 5.41) is 0.270. The van der Waals surface area contributed by atoms with E-state index in [1.807, 2.05) is 0 Å². The van der Waals surface area contributed by atoms with E-state index < -0.39 is 11.3 Å². The molecule has 0 aliphatic rings. The van der Waals surface area contributed by atoms with Crippen LogP contribution in [0.4, 0.5) is 8.78 Å². The van der Waals surface area contributed by atoms with E-state index in [1.165, 1.54) is 19.2 Å². The summed E-state index contributed by atoms with van der Waals surface area (Å²) in [5.41, 5.74) is 0.363. The molecular formula is C9H8BrClF2O. The van der Waals surface area contributed by atoms with Crippen LogP contribution in [-0.4, -0.2) is 13.5 Å². The van der Waals surface area contributed by atoms with Gasteiger partial charge in [0.25, 0.3) is 6.43 Å². The Labute approximate surface area is 94.1 Å². The molecule has 1 aromatic rings. The quantitative estimate of drug-likeness (QED) is 0.761. The van der Waals surface area contributed by atoms with E-state index >= 15 is 0 Å². The molecule has 0 radical (unpaired) electrons. The summed E-state index contributed by atoms with van der Waals surface area (Å²) >= 11 is 8.68. The Morgan fingerprint density at radius 1 is 1.43 bits per heavy atom. The molecule has 0 fully saturated rings. The van der Waals surface area contributed by atoms with Crippen molar-refractivity contribution in [2.24, 2.45) is 0 Å². The highest BCUT2D eigenvalue weighted by Crippen LogP contribution is 2.35. The predicted octanol–water partition coefficient (Wildman–Crippen LogP) is 4.05. The summed E-state index contributed by atoms with van der Waals surface area (Å²) in [6.07, 6.45) is -2.49. The highest BCUT2D eigenvalue weighted by atomic mass is 79.9. The van der Waals surface area contributed by atoms with Gasteiger partial charge in [-0.1, -0.05) is 33.6 Å². The fourth-order valence-electron chi connectivity index (χ4n) is 0.994. The van der Waals surface area contributed by atoms with Crippen LogP contribution in [0.5, 0.6) is 5.75 Å². The van der Waals surface area contributed by atoms with Crippen molar-refractivity contribution in [3.05, 3.63) is 28.8 Å². The molecule has 0 saturated carbocycles. The van der Waals surface area contributed by atoms with Crippen LogP contribution in [0.3, 0.4) is 0 Å². The van der Waals surface area contributed by atoms with Crippen LogP contribution in [0.15, 0.2) is 18.2 Å². The van der Waals surface area contributed by atoms with E-state index in [-0.39, 0.29) is 5.02 Å². The molecular weight excluding hydrogens is 277 g/mol. The highest BCUT2D eigenvalue weighted by Gasteiger charge is 2.21. The first-order chi connectivity index (χ1) is 6.56. The SMILES string of the molecule is COc1ccc(C(Br)C(F)F)c(Cl)c1. The Morgan fingerprint density at radius 2 is 2.07 bits per heavy atom. The molecule has 0 spiro atoms. The number of hydrogen-bond donors (Lipinski definition) is 0. The second-order valence-corrected chi connectivity index (χ2v) is 4.02. The number of methoxy groups -OCH3 is 1. The maximum Gasteiger partial charge on any atom is 0.255 e. The van der Waals surface area contributed by atoms with Gasteiger partial charge in [0.1, 0.15) is 10.6 Å². The fraction of sp³-hybridized carbons (Fsp3) is 0.333. The average Bonchev–Trinajstić information content (AvgIpc) is 2.16. The van der Waals surface area contributed by atoms with Crippen LogP contribution in [-0.2, 0) is 0 Å². The van der Waals surface area contributed by atoms with Gasteiger partial charge in [0.05, 0.1) is 7.11 Å². The van der Waals surface area contributed by atoms with Gasteiger partial charge in [-0.05, 0) is 17.7 Å². The van der Waals surface area contributed by atoms with E-state index in [0.29, 0.717) is 11.3 Å². The third-order valence-electron chi connectivity index (χ3n) is 1.73. The fourth-order valence-corrected chi connectivity index (χ4v) is 1.81. The molecule has 0 bridgehead atoms. The minimum atomic E-state index is -2.49. The van der Waals surface area contributed by atoms with Crippen molar-refractivity contribution in [3.8, 4) is 5.75 Å². The van der Waals surface area contributed by atoms with Crippen molar-refractivity contribution in [2.45, 2.75) is 11.3 Å². The van der Waals surface area contributed by atoms with Crippen LogP contribution >= 0.6 is 27.5 Å². The molecule has 0 amide bonds. The second-order valence-electron chi connectivity index (χ2n) is 2.62. The first kappa shape index (κ1) is 11.7. The standard InChI is InChI=1S/C9H8BrClF2O/c1-14-5-2-3-6(7(11)4-5)8(10)9(12)13/h2-4,8-9H,1H3. The number of halogens is 4. The normalized spacial score (nSPS) is 13.0. The molecule has 1 rings (SSSR count). The maximum absolute atomic E-state index is 12.3. The molecule has 1 unspecified atom stereocenters. The van der Waals surface area contributed by atoms with Crippen molar-refractivity contribution in [1.82, 2.24) is 0 Å². The van der Waals surface area contributed by atoms with Crippen molar-refractivity contribution >= 4 is 27.5 Å². The molecule has 1 aromatic carbocycles. The third-order valence-corrected chi connectivity index (χ3v) is 2.95. The summed E-state index contributed by atoms with van der Waals surface area (Å²) < 4.78 is 29.6. The molecule has 14 heavy (non-hydrogen) atoms. The van der Waals surface area contributed by atoms with Crippen molar-refractivity contribution in [2.75, 3.05) is 7.11 Å². The molecule has 0 N–H and O–H groups in total. The molecule has 0 saturated heterocycles. The Morgan fingerprint density at radius 3 is 2.50 bits per heavy atom. The third kappa shape index (κ3) is 2.58. The van der Waals surface area contributed by atoms with E-state index in [1.54, 1.807) is 6.07 Å². The zero-order valence-corrected chi connectivity index (χ0v) is 9.65. The zero-order chi connectivity index (χ0) is 10.7. The van der Waals surface area contributed by atoms with Gasteiger partial charge in [0.2, 0.25) is 0 Å². The monoisotopic (exact) mass is 284 g/mol. The van der Waals surface area contributed by atoms with E-state index in [2.05, 4.69) is 15.9 Å². The molecule has 0 aliphatic heterocycles. The van der Waals surface area contributed by atoms with Crippen molar-refractivity contribution in [1.29, 1.82) is 0 Å². The highest BCUT2D eigenvalue weighted by molar-refractivity contribution is 9.09. The summed E-state index contributed by atoms with van der Waals surface area (Å²) in [6.45, 7) is 0. The summed E-state index contributed by atoms with van der Waals surface area (Å²) in [6, 6.07) is 4.62. The molecule has 78 valence electrons. The van der Waals surface area contributed by atoms with Gasteiger partial charge in [0.15, 0.2) is 0 Å². The summed E-state index contributed by atoms with van der Waals surface area (Å²) in [5.74, 6) is 0.549. The Bertz CT molecular complexity index is 320. The van der Waals surface area contributed by atoms with Gasteiger partial charge in [-0.2, -0.15) is 0 Å². The zero-order valence-electron chi connectivity index (χ0n) is 7.31. The average molecular weight is 286 g/mol. The molecule has 0 heterocycles. The largest absolute Gasteiger partial charge is 0.497 e. The minimum Gasteiger partial charge on any atom is -0.497 e. The number of rotatable bonds is 3. The predicted molar refractivity (Wildman–Crippen MR) is 55.7 cm³/mol. The second kappa shape index (κ2) is 4.94. The Hall–Kier alpha value is -0.350. The van der Waals surface area contributed by atoms with Crippen LogP contribution in [0.1, 0.15) is 10.4 Å². The van der Waals surface area contributed by atoms with Crippen molar-refractivity contribution in [3.63, 3.8) is 0 Å². The van der Waals surface area contributed by atoms with Gasteiger partial charge >= 0.3 is 0 Å². The topological polar surface area (TPSA) is 9.23 Å². The lowest BCUT2D eigenvalue weighted by atomic mass is 10.1. The minimum absolute atomic E-state index is 0.270. The number of benzene rings is 1. The first-order valence-electron chi connectivity index (χ1n) is 3.82. The van der Waals surface area contributed by atoms with Gasteiger partial charge in [0, 0.05) is 5.02 Å². The lowest BCUT2D eigenvalue weighted by Crippen LogP contribution is -2.02. The van der Waals surface area contributed by atoms with E-state index in [9.17, 15) is 8.78 Å². The molecule has 1 nitrogen and oxygen atoms in total. The van der Waals surface area contributed by atoms with Crippen LogP contribution in [0.25, 0.3) is 0 Å². The Balaban J connectivity index is 2.99. The smallest absolute Gasteiger partial charge is 0.255 e. The summed E-state index contributed by atoms with van der Waals surface area (Å²) in [7, 11) is 1.49. The number of alkyl halides is 3. The lowest BCUT2D eigenvalue weighted by molar-refractivity contribution is 0.147. The lowest BCUT2D eigenvalue weighted by Gasteiger charge is -2.11. The molecule has 0 aromatic heterocycles. The number of ether oxygens (including phenoxy) is 1. The molecule has 0 aliphatic carbocycles. The Kier molecular flexibility index (Phi) is 4.13. The number of hydrogen-bond acceptors (Lipinski definition) is 1. The van der Waals surface area contributed by atoms with Gasteiger partial charge in [-0.15, -0.1) is 0 Å². The van der Waals surface area contributed by atoms with Crippen LogP contribution in [0, 0.1) is 0 Å². The maximum atomic E-state index is 12.3.